The van der Waals surface area contributed by atoms with E-state index in [1.165, 1.54) is 24.3 Å². The second kappa shape index (κ2) is 15.1. The van der Waals surface area contributed by atoms with E-state index < -0.39 is 47.9 Å². The van der Waals surface area contributed by atoms with Gasteiger partial charge in [0.05, 0.1) is 6.04 Å². The van der Waals surface area contributed by atoms with Gasteiger partial charge in [0.25, 0.3) is 0 Å². The molecular weight excluding hydrogens is 598 g/mol. The number of nitrogens with two attached hydrogens (primary N) is 1. The number of hydrogen-bond donors (Lipinski definition) is 9. The number of thiol groups is 1. The first kappa shape index (κ1) is 32.9. The van der Waals surface area contributed by atoms with Crippen LogP contribution in [0.3, 0.4) is 0 Å². The Kier molecular flexibility index (Phi) is 11.1. The molecule has 0 saturated heterocycles. The monoisotopic (exact) mass is 633 g/mol. The Bertz CT molecular complexity index is 1640. The van der Waals surface area contributed by atoms with Gasteiger partial charge < -0.3 is 42.0 Å². The number of carbonyl (C=O) groups is 4. The third-order valence-corrected chi connectivity index (χ3v) is 7.63. The summed E-state index contributed by atoms with van der Waals surface area (Å²) >= 11 is 4.02. The molecule has 4 aromatic rings. The lowest BCUT2D eigenvalue weighted by atomic mass is 10.0. The van der Waals surface area contributed by atoms with Gasteiger partial charge in [-0.05, 0) is 53.4 Å². The Morgan fingerprint density at radius 1 is 0.711 bits per heavy atom. The molecule has 0 radical (unpaired) electrons. The summed E-state index contributed by atoms with van der Waals surface area (Å²) in [5.41, 5.74) is 9.00. The lowest BCUT2D eigenvalue weighted by Crippen LogP contribution is -2.58. The van der Waals surface area contributed by atoms with E-state index in [-0.39, 0.29) is 36.5 Å². The maximum atomic E-state index is 13.8. The molecule has 0 fully saturated rings. The number of benzene rings is 3. The largest absolute Gasteiger partial charge is 0.508 e. The summed E-state index contributed by atoms with van der Waals surface area (Å²) < 4.78 is 0. The molecule has 13 heteroatoms. The number of H-pyrrole nitrogens is 1. The normalized spacial score (nSPS) is 13.7. The number of fused-ring (bicyclic) bond motifs is 1. The molecule has 4 rings (SSSR count). The van der Waals surface area contributed by atoms with Crippen molar-refractivity contribution in [3.63, 3.8) is 0 Å². The van der Waals surface area contributed by atoms with Crippen LogP contribution < -0.4 is 21.7 Å². The van der Waals surface area contributed by atoms with Crippen molar-refractivity contribution >= 4 is 47.2 Å². The quantitative estimate of drug-likeness (QED) is 0.0926. The number of aromatic hydroxyl groups is 2. The molecule has 0 aliphatic heterocycles. The predicted octanol–water partition coefficient (Wildman–Crippen LogP) is 1.40. The first-order valence-corrected chi connectivity index (χ1v) is 14.8. The average molecular weight is 634 g/mol. The summed E-state index contributed by atoms with van der Waals surface area (Å²) in [6, 6.07) is 14.9. The highest BCUT2D eigenvalue weighted by molar-refractivity contribution is 7.80. The van der Waals surface area contributed by atoms with Crippen LogP contribution in [-0.2, 0) is 38.4 Å². The summed E-state index contributed by atoms with van der Waals surface area (Å²) in [5, 5.41) is 37.4. The Morgan fingerprint density at radius 3 is 1.80 bits per heavy atom. The molecule has 12 nitrogen and oxygen atoms in total. The summed E-state index contributed by atoms with van der Waals surface area (Å²) in [6.45, 7) is 0. The molecular formula is C32H35N5O7S. The Morgan fingerprint density at radius 2 is 1.22 bits per heavy atom. The smallest absolute Gasteiger partial charge is 0.327 e. The van der Waals surface area contributed by atoms with Gasteiger partial charge in [0.15, 0.2) is 0 Å². The number of para-hydroxylation sites is 1. The number of aromatic amines is 1. The Balaban J connectivity index is 1.58. The van der Waals surface area contributed by atoms with Gasteiger partial charge in [-0.25, -0.2) is 4.79 Å². The zero-order valence-electron chi connectivity index (χ0n) is 24.1. The van der Waals surface area contributed by atoms with Crippen LogP contribution in [-0.4, -0.2) is 73.9 Å². The second-order valence-corrected chi connectivity index (χ2v) is 11.0. The first-order valence-electron chi connectivity index (χ1n) is 14.1. The maximum absolute atomic E-state index is 13.8. The van der Waals surface area contributed by atoms with E-state index in [1.54, 1.807) is 30.5 Å². The van der Waals surface area contributed by atoms with Crippen molar-refractivity contribution in [3.05, 3.63) is 95.7 Å². The van der Waals surface area contributed by atoms with Crippen molar-refractivity contribution < 1.29 is 34.5 Å². The van der Waals surface area contributed by atoms with Gasteiger partial charge in [-0.15, -0.1) is 0 Å². The van der Waals surface area contributed by atoms with Crippen LogP contribution in [0.15, 0.2) is 79.0 Å². The molecule has 0 bridgehead atoms. The molecule has 0 aliphatic rings. The highest BCUT2D eigenvalue weighted by atomic mass is 32.1. The van der Waals surface area contributed by atoms with Crippen molar-refractivity contribution in [2.24, 2.45) is 5.73 Å². The molecule has 1 heterocycles. The lowest BCUT2D eigenvalue weighted by molar-refractivity contribution is -0.141. The molecule has 3 aromatic carbocycles. The fraction of sp³-hybridized carbons (Fsp3) is 0.250. The van der Waals surface area contributed by atoms with E-state index in [4.69, 9.17) is 5.73 Å². The minimum absolute atomic E-state index is 0.000399. The zero-order valence-corrected chi connectivity index (χ0v) is 25.0. The summed E-state index contributed by atoms with van der Waals surface area (Å²) in [5.74, 6) is -3.44. The van der Waals surface area contributed by atoms with E-state index in [9.17, 15) is 34.5 Å². The minimum Gasteiger partial charge on any atom is -0.508 e. The minimum atomic E-state index is -1.30. The molecule has 1 aromatic heterocycles. The number of carboxylic acids is 1. The van der Waals surface area contributed by atoms with Gasteiger partial charge in [0.2, 0.25) is 17.7 Å². The number of aromatic nitrogens is 1. The first-order chi connectivity index (χ1) is 21.5. The Labute approximate surface area is 264 Å². The van der Waals surface area contributed by atoms with E-state index in [0.29, 0.717) is 16.7 Å². The highest BCUT2D eigenvalue weighted by Crippen LogP contribution is 2.20. The number of hydrogen-bond acceptors (Lipinski definition) is 8. The van der Waals surface area contributed by atoms with Crippen LogP contribution in [0.5, 0.6) is 11.5 Å². The Hall–Kier alpha value is -5.01. The van der Waals surface area contributed by atoms with Gasteiger partial charge in [-0.1, -0.05) is 42.5 Å². The number of nitrogens with one attached hydrogen (secondary N) is 4. The third kappa shape index (κ3) is 9.00. The standard InChI is InChI=1S/C32H35N5O7S/c33-24(13-18-5-9-21(38)10-6-18)29(40)35-26(14-19-7-11-22(39)12-8-19)30(41)36-27(31(42)37-28(17-45)32(43)44)15-20-16-34-25-4-2-1-3-23(20)25/h1-12,16,24,26-28,34,38-39,45H,13-15,17,33H2,(H,35,40)(H,36,41)(H,37,42)(H,43,44). The molecule has 4 atom stereocenters. The van der Waals surface area contributed by atoms with Crippen LogP contribution >= 0.6 is 12.6 Å². The number of amides is 3. The maximum Gasteiger partial charge on any atom is 0.327 e. The van der Waals surface area contributed by atoms with Crippen LogP contribution in [0.2, 0.25) is 0 Å². The number of aliphatic carboxylic acids is 1. The topological polar surface area (TPSA) is 207 Å². The highest BCUT2D eigenvalue weighted by Gasteiger charge is 2.31. The molecule has 236 valence electrons. The SMILES string of the molecule is NC(Cc1ccc(O)cc1)C(=O)NC(Cc1ccc(O)cc1)C(=O)NC(Cc1c[nH]c2ccccc12)C(=O)NC(CS)C(=O)O. The van der Waals surface area contributed by atoms with Crippen molar-refractivity contribution in [1.82, 2.24) is 20.9 Å². The fourth-order valence-electron chi connectivity index (χ4n) is 4.79. The van der Waals surface area contributed by atoms with E-state index >= 15 is 0 Å². The van der Waals surface area contributed by atoms with Crippen LogP contribution in [0.4, 0.5) is 0 Å². The zero-order chi connectivity index (χ0) is 32.5. The molecule has 0 saturated carbocycles. The fourth-order valence-corrected chi connectivity index (χ4v) is 5.04. The van der Waals surface area contributed by atoms with E-state index in [1.807, 2.05) is 24.3 Å². The average Bonchev–Trinajstić information content (AvgIpc) is 3.43. The molecule has 45 heavy (non-hydrogen) atoms. The molecule has 9 N–H and O–H groups in total. The predicted molar refractivity (Wildman–Crippen MR) is 171 cm³/mol. The van der Waals surface area contributed by atoms with Crippen molar-refractivity contribution in [3.8, 4) is 11.5 Å². The number of phenols is 2. The number of phenolic OH excluding ortho intramolecular Hbond substituents is 2. The van der Waals surface area contributed by atoms with Gasteiger partial charge in [0, 0.05) is 35.7 Å². The molecule has 0 aliphatic carbocycles. The molecule has 3 amide bonds. The number of carboxylic acid groups (broad SMARTS) is 1. The second-order valence-electron chi connectivity index (χ2n) is 10.6. The number of carbonyl (C=O) groups excluding carboxylic acids is 3. The van der Waals surface area contributed by atoms with Crippen molar-refractivity contribution in [1.29, 1.82) is 0 Å². The van der Waals surface area contributed by atoms with Crippen LogP contribution in [0.1, 0.15) is 16.7 Å². The number of rotatable bonds is 14. The van der Waals surface area contributed by atoms with E-state index in [2.05, 4.69) is 33.6 Å². The molecule has 0 spiro atoms. The van der Waals surface area contributed by atoms with Crippen LogP contribution in [0.25, 0.3) is 10.9 Å². The molecule has 4 unspecified atom stereocenters. The van der Waals surface area contributed by atoms with E-state index in [0.717, 1.165) is 10.9 Å². The van der Waals surface area contributed by atoms with Crippen molar-refractivity contribution in [2.75, 3.05) is 5.75 Å². The summed E-state index contributed by atoms with van der Waals surface area (Å²) in [4.78, 5) is 55.1. The van der Waals surface area contributed by atoms with Gasteiger partial charge in [-0.2, -0.15) is 12.6 Å². The van der Waals surface area contributed by atoms with Crippen molar-refractivity contribution in [2.45, 2.75) is 43.4 Å². The summed E-state index contributed by atoms with van der Waals surface area (Å²) in [7, 11) is 0. The van der Waals surface area contributed by atoms with Crippen LogP contribution in [0, 0.1) is 0 Å². The summed E-state index contributed by atoms with van der Waals surface area (Å²) in [6.07, 6.45) is 1.86. The third-order valence-electron chi connectivity index (χ3n) is 7.27. The lowest BCUT2D eigenvalue weighted by Gasteiger charge is -2.25. The van der Waals surface area contributed by atoms with Gasteiger partial charge in [0.1, 0.15) is 29.6 Å². The van der Waals surface area contributed by atoms with Gasteiger partial charge >= 0.3 is 5.97 Å². The van der Waals surface area contributed by atoms with Gasteiger partial charge in [-0.3, -0.25) is 14.4 Å².